The third-order valence-electron chi connectivity index (χ3n) is 2.75. The molecule has 6 nitrogen and oxygen atoms in total. The predicted molar refractivity (Wildman–Crippen MR) is 76.3 cm³/mol. The molecule has 0 aliphatic heterocycles. The summed E-state index contributed by atoms with van der Waals surface area (Å²) in [6, 6.07) is 7.78. The van der Waals surface area contributed by atoms with Gasteiger partial charge in [0.25, 0.3) is 0 Å². The Kier molecular flexibility index (Phi) is 2.72. The Morgan fingerprint density at radius 1 is 1.20 bits per heavy atom. The molecule has 7 heteroatoms. The zero-order valence-electron chi connectivity index (χ0n) is 10.5. The van der Waals surface area contributed by atoms with Crippen LogP contribution in [0.5, 0.6) is 0 Å². The van der Waals surface area contributed by atoms with Crippen LogP contribution in [0.3, 0.4) is 0 Å². The maximum Gasteiger partial charge on any atom is 0.230 e. The van der Waals surface area contributed by atoms with E-state index in [-0.39, 0.29) is 11.1 Å². The number of pyridine rings is 1. The average Bonchev–Trinajstić information content (AvgIpc) is 2.38. The number of nitrogens with zero attached hydrogens (tertiary/aromatic N) is 1. The second kappa shape index (κ2) is 4.31. The molecular formula is C13H10N2O4S. The first kappa shape index (κ1) is 12.6. The topological polar surface area (TPSA) is 89.3 Å². The first-order valence-corrected chi connectivity index (χ1v) is 7.62. The fraction of sp³-hybridized carbons (Fsp3) is 0.0769. The third kappa shape index (κ3) is 2.23. The van der Waals surface area contributed by atoms with Gasteiger partial charge in [0.05, 0.1) is 17.0 Å². The molecule has 0 radical (unpaired) electrons. The Bertz CT molecular complexity index is 976. The van der Waals surface area contributed by atoms with E-state index in [1.807, 2.05) is 0 Å². The molecular weight excluding hydrogens is 280 g/mol. The largest absolute Gasteiger partial charge is 0.437 e. The fourth-order valence-corrected chi connectivity index (χ4v) is 2.52. The lowest BCUT2D eigenvalue weighted by Gasteiger charge is -2.05. The zero-order valence-corrected chi connectivity index (χ0v) is 11.3. The van der Waals surface area contributed by atoms with Gasteiger partial charge in [-0.15, -0.1) is 0 Å². The smallest absolute Gasteiger partial charge is 0.230 e. The second-order valence-corrected chi connectivity index (χ2v) is 6.12. The van der Waals surface area contributed by atoms with E-state index in [0.717, 1.165) is 6.26 Å². The van der Waals surface area contributed by atoms with E-state index in [1.165, 1.54) is 18.3 Å². The number of rotatable bonds is 2. The molecule has 0 spiro atoms. The van der Waals surface area contributed by atoms with Crippen LogP contribution < -0.4 is 10.2 Å². The van der Waals surface area contributed by atoms with Crippen molar-refractivity contribution in [2.45, 2.75) is 0 Å². The molecule has 0 amide bonds. The van der Waals surface area contributed by atoms with E-state index in [0.29, 0.717) is 22.0 Å². The molecule has 0 bridgehead atoms. The lowest BCUT2D eigenvalue weighted by Crippen LogP contribution is -2.10. The van der Waals surface area contributed by atoms with Gasteiger partial charge in [-0.2, -0.15) is 0 Å². The van der Waals surface area contributed by atoms with Crippen LogP contribution in [0.2, 0.25) is 0 Å². The summed E-state index contributed by atoms with van der Waals surface area (Å²) in [5.74, 6) is 0. The number of benzene rings is 1. The second-order valence-electron chi connectivity index (χ2n) is 4.37. The molecule has 1 aromatic carbocycles. The molecule has 0 atom stereocenters. The molecule has 20 heavy (non-hydrogen) atoms. The summed E-state index contributed by atoms with van der Waals surface area (Å²) in [5, 5.41) is 0.663. The maximum absolute atomic E-state index is 12.3. The highest BCUT2D eigenvalue weighted by molar-refractivity contribution is 7.92. The van der Waals surface area contributed by atoms with Crippen molar-refractivity contribution in [1.82, 2.24) is 4.98 Å². The first-order valence-electron chi connectivity index (χ1n) is 5.73. The predicted octanol–water partition coefficient (Wildman–Crippen LogP) is 1.71. The van der Waals surface area contributed by atoms with Gasteiger partial charge in [-0.3, -0.25) is 9.52 Å². The van der Waals surface area contributed by atoms with Crippen LogP contribution in [-0.4, -0.2) is 19.7 Å². The van der Waals surface area contributed by atoms with Crippen LogP contribution >= 0.6 is 0 Å². The van der Waals surface area contributed by atoms with E-state index in [1.54, 1.807) is 18.2 Å². The third-order valence-corrected chi connectivity index (χ3v) is 3.36. The summed E-state index contributed by atoms with van der Waals surface area (Å²) < 4.78 is 30.3. The Labute approximate surface area is 114 Å². The van der Waals surface area contributed by atoms with E-state index < -0.39 is 10.0 Å². The van der Waals surface area contributed by atoms with Gasteiger partial charge in [0.1, 0.15) is 5.58 Å². The van der Waals surface area contributed by atoms with Gasteiger partial charge in [0, 0.05) is 11.9 Å². The Morgan fingerprint density at radius 3 is 2.75 bits per heavy atom. The zero-order chi connectivity index (χ0) is 14.3. The standard InChI is InChI=1S/C13H10N2O4S/c1-20(17,18)15-8-4-5-11-10(7-8)12(16)9-3-2-6-14-13(9)19-11/h2-7,15H,1H3. The van der Waals surface area contributed by atoms with Gasteiger partial charge in [0.2, 0.25) is 21.2 Å². The van der Waals surface area contributed by atoms with E-state index in [9.17, 15) is 13.2 Å². The Balaban J connectivity index is 2.31. The fourth-order valence-electron chi connectivity index (χ4n) is 1.97. The maximum atomic E-state index is 12.3. The summed E-state index contributed by atoms with van der Waals surface area (Å²) in [4.78, 5) is 16.3. The number of hydrogen-bond acceptors (Lipinski definition) is 5. The molecule has 2 heterocycles. The lowest BCUT2D eigenvalue weighted by atomic mass is 10.1. The molecule has 0 aliphatic carbocycles. The normalized spacial score (nSPS) is 11.8. The SMILES string of the molecule is CS(=O)(=O)Nc1ccc2oc3ncccc3c(=O)c2c1. The highest BCUT2D eigenvalue weighted by Gasteiger charge is 2.10. The van der Waals surface area contributed by atoms with Gasteiger partial charge >= 0.3 is 0 Å². The number of anilines is 1. The average molecular weight is 290 g/mol. The number of hydrogen-bond donors (Lipinski definition) is 1. The molecule has 0 saturated carbocycles. The highest BCUT2D eigenvalue weighted by Crippen LogP contribution is 2.20. The number of aromatic nitrogens is 1. The summed E-state index contributed by atoms with van der Waals surface area (Å²) >= 11 is 0. The van der Waals surface area contributed by atoms with E-state index in [4.69, 9.17) is 4.42 Å². The Morgan fingerprint density at radius 2 is 2.00 bits per heavy atom. The quantitative estimate of drug-likeness (QED) is 0.726. The van der Waals surface area contributed by atoms with Gasteiger partial charge in [-0.25, -0.2) is 13.4 Å². The number of fused-ring (bicyclic) bond motifs is 2. The van der Waals surface area contributed by atoms with Crippen LogP contribution in [-0.2, 0) is 10.0 Å². The molecule has 0 aliphatic rings. The minimum atomic E-state index is -3.40. The minimum absolute atomic E-state index is 0.244. The van der Waals surface area contributed by atoms with Crippen LogP contribution in [0.15, 0.2) is 45.7 Å². The van der Waals surface area contributed by atoms with Crippen LogP contribution in [0.4, 0.5) is 5.69 Å². The van der Waals surface area contributed by atoms with Crippen molar-refractivity contribution in [1.29, 1.82) is 0 Å². The summed E-state index contributed by atoms with van der Waals surface area (Å²) in [6.45, 7) is 0. The number of nitrogens with one attached hydrogen (secondary N) is 1. The van der Waals surface area contributed by atoms with E-state index in [2.05, 4.69) is 9.71 Å². The van der Waals surface area contributed by atoms with Crippen LogP contribution in [0, 0.1) is 0 Å². The van der Waals surface area contributed by atoms with Gasteiger partial charge in [-0.1, -0.05) is 0 Å². The van der Waals surface area contributed by atoms with Crippen molar-refractivity contribution in [2.24, 2.45) is 0 Å². The minimum Gasteiger partial charge on any atom is -0.437 e. The molecule has 3 rings (SSSR count). The molecule has 0 fully saturated rings. The van der Waals surface area contributed by atoms with Crippen molar-refractivity contribution in [3.8, 4) is 0 Å². The molecule has 0 unspecified atom stereocenters. The van der Waals surface area contributed by atoms with Crippen molar-refractivity contribution < 1.29 is 12.8 Å². The van der Waals surface area contributed by atoms with E-state index >= 15 is 0 Å². The molecule has 1 N–H and O–H groups in total. The molecule has 3 aromatic rings. The van der Waals surface area contributed by atoms with Crippen molar-refractivity contribution in [3.63, 3.8) is 0 Å². The van der Waals surface area contributed by atoms with Crippen LogP contribution in [0.25, 0.3) is 22.1 Å². The number of sulfonamides is 1. The highest BCUT2D eigenvalue weighted by atomic mass is 32.2. The van der Waals surface area contributed by atoms with Crippen molar-refractivity contribution in [2.75, 3.05) is 11.0 Å². The molecule has 0 saturated heterocycles. The first-order chi connectivity index (χ1) is 9.44. The van der Waals surface area contributed by atoms with Crippen molar-refractivity contribution >= 4 is 37.8 Å². The summed E-state index contributed by atoms with van der Waals surface area (Å²) in [7, 11) is -3.40. The summed E-state index contributed by atoms with van der Waals surface area (Å²) in [6.07, 6.45) is 2.58. The van der Waals surface area contributed by atoms with Gasteiger partial charge in [0.15, 0.2) is 0 Å². The Hall–Kier alpha value is -2.41. The molecule has 102 valence electrons. The summed E-state index contributed by atoms with van der Waals surface area (Å²) in [5.41, 5.74) is 0.691. The lowest BCUT2D eigenvalue weighted by molar-refractivity contribution is 0.606. The van der Waals surface area contributed by atoms with Crippen molar-refractivity contribution in [3.05, 3.63) is 46.8 Å². The van der Waals surface area contributed by atoms with Crippen LogP contribution in [0.1, 0.15) is 0 Å². The van der Waals surface area contributed by atoms with Gasteiger partial charge in [-0.05, 0) is 30.3 Å². The monoisotopic (exact) mass is 290 g/mol. The van der Waals surface area contributed by atoms with Gasteiger partial charge < -0.3 is 4.42 Å². The molecule has 2 aromatic heterocycles.